The Bertz CT molecular complexity index is 1170. The topological polar surface area (TPSA) is 67.8 Å². The van der Waals surface area contributed by atoms with Crippen LogP contribution in [-0.2, 0) is 24.1 Å². The number of carbonyl (C=O) groups is 1. The Hall–Kier alpha value is -2.77. The van der Waals surface area contributed by atoms with Gasteiger partial charge >= 0.3 is 0 Å². The Balaban J connectivity index is 1.39. The second-order valence-corrected chi connectivity index (χ2v) is 8.73. The van der Waals surface area contributed by atoms with Gasteiger partial charge in [-0.05, 0) is 29.7 Å². The first-order chi connectivity index (χ1) is 13.7. The van der Waals surface area contributed by atoms with Gasteiger partial charge in [0.1, 0.15) is 16.7 Å². The molecule has 5 rings (SSSR count). The fourth-order valence-corrected chi connectivity index (χ4v) is 5.05. The molecule has 1 aliphatic heterocycles. The lowest BCUT2D eigenvalue weighted by atomic mass is 10.1. The van der Waals surface area contributed by atoms with Gasteiger partial charge in [-0.2, -0.15) is 0 Å². The smallest absolute Gasteiger partial charge is 0.198 e. The van der Waals surface area contributed by atoms with Gasteiger partial charge in [0.2, 0.25) is 0 Å². The zero-order valence-electron chi connectivity index (χ0n) is 14.9. The zero-order valence-corrected chi connectivity index (χ0v) is 16.5. The molecule has 0 atom stereocenters. The molecule has 0 unspecified atom stereocenters. The summed E-state index contributed by atoms with van der Waals surface area (Å²) in [6.07, 6.45) is 3.90. The van der Waals surface area contributed by atoms with Crippen LogP contribution in [-0.4, -0.2) is 20.1 Å². The van der Waals surface area contributed by atoms with Crippen molar-refractivity contribution in [2.75, 3.05) is 5.32 Å². The van der Waals surface area contributed by atoms with Gasteiger partial charge < -0.3 is 5.32 Å². The average Bonchev–Trinajstić information content (AvgIpc) is 3.29. The van der Waals surface area contributed by atoms with E-state index in [1.807, 2.05) is 24.3 Å². The van der Waals surface area contributed by atoms with E-state index in [9.17, 15) is 4.79 Å². The largest absolute Gasteiger partial charge is 0.338 e. The second kappa shape index (κ2) is 7.33. The van der Waals surface area contributed by atoms with Crippen LogP contribution in [0.2, 0.25) is 0 Å². The van der Waals surface area contributed by atoms with Gasteiger partial charge in [-0.1, -0.05) is 59.5 Å². The van der Waals surface area contributed by atoms with Crippen molar-refractivity contribution in [3.8, 4) is 0 Å². The fraction of sp³-hybridized carbons (Fsp3) is 0.143. The molecule has 0 bridgehead atoms. The molecule has 0 aliphatic carbocycles. The summed E-state index contributed by atoms with van der Waals surface area (Å²) < 4.78 is 0. The SMILES string of the molecule is O=C1Cc2ccc(Nc3ncnc4sc(CCc5ccccc5)nc34)cc2S1. The van der Waals surface area contributed by atoms with Crippen molar-refractivity contribution in [1.82, 2.24) is 15.0 Å². The number of carbonyl (C=O) groups excluding carboxylic acids is 1. The molecule has 4 aromatic rings. The highest BCUT2D eigenvalue weighted by Gasteiger charge is 2.20. The van der Waals surface area contributed by atoms with Crippen LogP contribution >= 0.6 is 23.1 Å². The summed E-state index contributed by atoms with van der Waals surface area (Å²) in [5.41, 5.74) is 4.08. The van der Waals surface area contributed by atoms with Crippen molar-refractivity contribution < 1.29 is 4.79 Å². The summed E-state index contributed by atoms with van der Waals surface area (Å²) in [4.78, 5) is 27.1. The van der Waals surface area contributed by atoms with Crippen LogP contribution in [0.4, 0.5) is 11.5 Å². The predicted octanol–water partition coefficient (Wildman–Crippen LogP) is 4.79. The van der Waals surface area contributed by atoms with Gasteiger partial charge in [-0.15, -0.1) is 0 Å². The van der Waals surface area contributed by atoms with Crippen molar-refractivity contribution in [2.24, 2.45) is 0 Å². The summed E-state index contributed by atoms with van der Waals surface area (Å²) in [7, 11) is 0. The van der Waals surface area contributed by atoms with Crippen LogP contribution in [0.5, 0.6) is 0 Å². The van der Waals surface area contributed by atoms with E-state index < -0.39 is 0 Å². The van der Waals surface area contributed by atoms with E-state index >= 15 is 0 Å². The lowest BCUT2D eigenvalue weighted by molar-refractivity contribution is -0.110. The molecule has 2 aromatic heterocycles. The van der Waals surface area contributed by atoms with Crippen LogP contribution in [0.15, 0.2) is 59.8 Å². The summed E-state index contributed by atoms with van der Waals surface area (Å²) >= 11 is 2.91. The Morgan fingerprint density at radius 2 is 1.93 bits per heavy atom. The number of nitrogens with zero attached hydrogens (tertiary/aromatic N) is 3. The minimum Gasteiger partial charge on any atom is -0.338 e. The van der Waals surface area contributed by atoms with E-state index in [-0.39, 0.29) is 5.12 Å². The van der Waals surface area contributed by atoms with Crippen molar-refractivity contribution in [1.29, 1.82) is 0 Å². The van der Waals surface area contributed by atoms with Crippen LogP contribution < -0.4 is 5.32 Å². The molecule has 0 spiro atoms. The van der Waals surface area contributed by atoms with E-state index in [1.54, 1.807) is 17.7 Å². The number of fused-ring (bicyclic) bond motifs is 2. The molecule has 5 nitrogen and oxygen atoms in total. The summed E-state index contributed by atoms with van der Waals surface area (Å²) in [6, 6.07) is 16.4. The minimum absolute atomic E-state index is 0.194. The third-order valence-corrected chi connectivity index (χ3v) is 6.59. The van der Waals surface area contributed by atoms with E-state index in [0.29, 0.717) is 12.2 Å². The highest BCUT2D eigenvalue weighted by molar-refractivity contribution is 8.14. The van der Waals surface area contributed by atoms with Gasteiger partial charge in [0.15, 0.2) is 10.9 Å². The first-order valence-electron chi connectivity index (χ1n) is 8.99. The Morgan fingerprint density at radius 1 is 1.04 bits per heavy atom. The van der Waals surface area contributed by atoms with E-state index in [4.69, 9.17) is 4.98 Å². The molecule has 3 heterocycles. The molecule has 0 saturated carbocycles. The normalized spacial score (nSPS) is 13.1. The Labute approximate surface area is 170 Å². The average molecular weight is 405 g/mol. The Morgan fingerprint density at radius 3 is 2.82 bits per heavy atom. The standard InChI is InChI=1S/C21H16N4OS2/c26-18-10-14-7-8-15(11-16(14)27-18)24-20-19-21(23-12-22-20)28-17(25-19)9-6-13-4-2-1-3-5-13/h1-5,7-8,11-12H,6,9-10H2,(H,22,23,24). The molecular formula is C21H16N4OS2. The molecule has 28 heavy (non-hydrogen) atoms. The zero-order chi connectivity index (χ0) is 18.9. The van der Waals surface area contributed by atoms with E-state index in [2.05, 4.69) is 39.6 Å². The second-order valence-electron chi connectivity index (χ2n) is 6.57. The quantitative estimate of drug-likeness (QED) is 0.516. The number of aryl methyl sites for hydroxylation is 2. The van der Waals surface area contributed by atoms with Crippen molar-refractivity contribution >= 4 is 50.1 Å². The maximum atomic E-state index is 11.6. The number of hydrogen-bond acceptors (Lipinski definition) is 7. The van der Waals surface area contributed by atoms with Crippen molar-refractivity contribution in [3.05, 3.63) is 71.0 Å². The van der Waals surface area contributed by atoms with Crippen molar-refractivity contribution in [2.45, 2.75) is 24.2 Å². The van der Waals surface area contributed by atoms with E-state index in [0.717, 1.165) is 44.3 Å². The van der Waals surface area contributed by atoms with Crippen LogP contribution in [0.1, 0.15) is 16.1 Å². The molecule has 0 radical (unpaired) electrons. The molecule has 1 N–H and O–H groups in total. The van der Waals surface area contributed by atoms with Crippen LogP contribution in [0, 0.1) is 0 Å². The first-order valence-corrected chi connectivity index (χ1v) is 10.6. The fourth-order valence-electron chi connectivity index (χ4n) is 3.22. The number of hydrogen-bond donors (Lipinski definition) is 1. The highest BCUT2D eigenvalue weighted by atomic mass is 32.2. The van der Waals surface area contributed by atoms with Gasteiger partial charge in [-0.25, -0.2) is 15.0 Å². The van der Waals surface area contributed by atoms with Gasteiger partial charge in [0.05, 0.1) is 5.01 Å². The lowest BCUT2D eigenvalue weighted by Crippen LogP contribution is -1.96. The summed E-state index contributed by atoms with van der Waals surface area (Å²) in [6.45, 7) is 0. The van der Waals surface area contributed by atoms with Gasteiger partial charge in [-0.3, -0.25) is 4.79 Å². The number of aromatic nitrogens is 3. The van der Waals surface area contributed by atoms with Crippen molar-refractivity contribution in [3.63, 3.8) is 0 Å². The predicted molar refractivity (Wildman–Crippen MR) is 113 cm³/mol. The number of thiazole rings is 1. The van der Waals surface area contributed by atoms with Gasteiger partial charge in [0.25, 0.3) is 0 Å². The van der Waals surface area contributed by atoms with E-state index in [1.165, 1.54) is 17.3 Å². The Kier molecular flexibility index (Phi) is 4.54. The third kappa shape index (κ3) is 3.50. The molecule has 0 saturated heterocycles. The maximum absolute atomic E-state index is 11.6. The molecule has 7 heteroatoms. The number of anilines is 2. The maximum Gasteiger partial charge on any atom is 0.198 e. The number of thioether (sulfide) groups is 1. The lowest BCUT2D eigenvalue weighted by Gasteiger charge is -2.07. The molecular weight excluding hydrogens is 388 g/mol. The first kappa shape index (κ1) is 17.3. The number of rotatable bonds is 5. The van der Waals surface area contributed by atoms with Crippen LogP contribution in [0.3, 0.4) is 0 Å². The summed E-state index contributed by atoms with van der Waals surface area (Å²) in [5, 5.41) is 4.59. The number of nitrogens with one attached hydrogen (secondary N) is 1. The molecule has 138 valence electrons. The number of benzene rings is 2. The molecule has 1 aliphatic rings. The minimum atomic E-state index is 0.194. The highest BCUT2D eigenvalue weighted by Crippen LogP contribution is 2.35. The van der Waals surface area contributed by atoms with Crippen LogP contribution in [0.25, 0.3) is 10.3 Å². The molecule has 0 amide bonds. The summed E-state index contributed by atoms with van der Waals surface area (Å²) in [5.74, 6) is 0.696. The molecule has 2 aromatic carbocycles. The monoisotopic (exact) mass is 404 g/mol. The van der Waals surface area contributed by atoms with Gasteiger partial charge in [0, 0.05) is 23.4 Å². The molecule has 0 fully saturated rings. The third-order valence-electron chi connectivity index (χ3n) is 4.60.